The molecule has 2 nitrogen and oxygen atoms in total. The first kappa shape index (κ1) is 16.1. The van der Waals surface area contributed by atoms with E-state index in [0.29, 0.717) is 12.0 Å². The molecule has 0 aromatic carbocycles. The molecule has 1 atom stereocenters. The average molecular weight is 267 g/mol. The maximum absolute atomic E-state index is 12.9. The molecule has 19 heavy (non-hydrogen) atoms. The second-order valence-corrected chi connectivity index (χ2v) is 5.22. The highest BCUT2D eigenvalue weighted by Crippen LogP contribution is 2.20. The summed E-state index contributed by atoms with van der Waals surface area (Å²) in [7, 11) is 0. The molecule has 0 saturated heterocycles. The van der Waals surface area contributed by atoms with Gasteiger partial charge in [0.15, 0.2) is 0 Å². The van der Waals surface area contributed by atoms with Crippen molar-refractivity contribution in [1.82, 2.24) is 4.98 Å². The van der Waals surface area contributed by atoms with Gasteiger partial charge in [0, 0.05) is 11.8 Å². The summed E-state index contributed by atoms with van der Waals surface area (Å²) in [6.45, 7) is 2.22. The molecular formula is C16H26FNO. The number of pyridine rings is 1. The number of rotatable bonds is 10. The molecule has 0 aliphatic rings. The second kappa shape index (κ2) is 9.90. The van der Waals surface area contributed by atoms with Crippen LogP contribution < -0.4 is 0 Å². The minimum absolute atomic E-state index is 0.382. The number of aliphatic hydroxyl groups is 1. The van der Waals surface area contributed by atoms with Gasteiger partial charge in [-0.3, -0.25) is 4.98 Å². The van der Waals surface area contributed by atoms with E-state index in [0.717, 1.165) is 19.0 Å². The summed E-state index contributed by atoms with van der Waals surface area (Å²) in [5.74, 6) is -0.382. The molecule has 1 aromatic rings. The van der Waals surface area contributed by atoms with Gasteiger partial charge >= 0.3 is 0 Å². The van der Waals surface area contributed by atoms with E-state index in [9.17, 15) is 9.50 Å². The zero-order valence-corrected chi connectivity index (χ0v) is 11.9. The van der Waals surface area contributed by atoms with E-state index in [2.05, 4.69) is 11.9 Å². The first-order chi connectivity index (χ1) is 9.24. The molecule has 0 fully saturated rings. The van der Waals surface area contributed by atoms with Gasteiger partial charge in [0.25, 0.3) is 0 Å². The van der Waals surface area contributed by atoms with Crippen molar-refractivity contribution in [2.24, 2.45) is 0 Å². The summed E-state index contributed by atoms with van der Waals surface area (Å²) in [6.07, 6.45) is 12.8. The highest BCUT2D eigenvalue weighted by atomic mass is 19.1. The summed E-state index contributed by atoms with van der Waals surface area (Å²) in [6, 6.07) is 1.36. The summed E-state index contributed by atoms with van der Waals surface area (Å²) in [4.78, 5) is 3.76. The van der Waals surface area contributed by atoms with Crippen molar-refractivity contribution in [3.8, 4) is 0 Å². The zero-order chi connectivity index (χ0) is 13.9. The monoisotopic (exact) mass is 267 g/mol. The fourth-order valence-corrected chi connectivity index (χ4v) is 2.25. The van der Waals surface area contributed by atoms with Gasteiger partial charge in [-0.1, -0.05) is 58.3 Å². The van der Waals surface area contributed by atoms with Crippen molar-refractivity contribution < 1.29 is 9.50 Å². The normalized spacial score (nSPS) is 12.6. The van der Waals surface area contributed by atoms with E-state index in [1.165, 1.54) is 44.6 Å². The fraction of sp³-hybridized carbons (Fsp3) is 0.688. The lowest BCUT2D eigenvalue weighted by molar-refractivity contribution is 0.162. The highest BCUT2D eigenvalue weighted by Gasteiger charge is 2.08. The van der Waals surface area contributed by atoms with E-state index in [1.54, 1.807) is 6.20 Å². The maximum Gasteiger partial charge on any atom is 0.141 e. The van der Waals surface area contributed by atoms with Crippen LogP contribution in [0.15, 0.2) is 18.5 Å². The van der Waals surface area contributed by atoms with Crippen LogP contribution in [0.2, 0.25) is 0 Å². The van der Waals surface area contributed by atoms with E-state index >= 15 is 0 Å². The Kier molecular flexibility index (Phi) is 8.39. The third kappa shape index (κ3) is 7.26. The average Bonchev–Trinajstić information content (AvgIpc) is 2.41. The molecule has 0 saturated carbocycles. The van der Waals surface area contributed by atoms with Gasteiger partial charge in [-0.05, 0) is 12.5 Å². The Morgan fingerprint density at radius 2 is 1.68 bits per heavy atom. The highest BCUT2D eigenvalue weighted by molar-refractivity contribution is 5.12. The molecule has 108 valence electrons. The van der Waals surface area contributed by atoms with Crippen LogP contribution >= 0.6 is 0 Å². The smallest absolute Gasteiger partial charge is 0.141 e. The first-order valence-corrected chi connectivity index (χ1v) is 7.52. The molecule has 0 spiro atoms. The molecule has 0 amide bonds. The van der Waals surface area contributed by atoms with Gasteiger partial charge in [0.2, 0.25) is 0 Å². The molecule has 1 rings (SSSR count). The SMILES string of the molecule is CCCCCCCCCCC(O)c1cncc(F)c1. The number of hydrogen-bond donors (Lipinski definition) is 1. The van der Waals surface area contributed by atoms with Gasteiger partial charge in [-0.25, -0.2) is 4.39 Å². The molecule has 1 aromatic heterocycles. The molecule has 0 radical (unpaired) electrons. The Bertz CT molecular complexity index is 343. The van der Waals surface area contributed by atoms with Crippen LogP contribution in [0.1, 0.15) is 76.4 Å². The topological polar surface area (TPSA) is 33.1 Å². The Morgan fingerprint density at radius 1 is 1.05 bits per heavy atom. The van der Waals surface area contributed by atoms with Crippen molar-refractivity contribution in [1.29, 1.82) is 0 Å². The Morgan fingerprint density at radius 3 is 2.32 bits per heavy atom. The number of halogens is 1. The largest absolute Gasteiger partial charge is 0.388 e. The predicted molar refractivity (Wildman–Crippen MR) is 76.4 cm³/mol. The van der Waals surface area contributed by atoms with Gasteiger partial charge in [0.1, 0.15) is 5.82 Å². The number of unbranched alkanes of at least 4 members (excludes halogenated alkanes) is 7. The predicted octanol–water partition coefficient (Wildman–Crippen LogP) is 4.78. The van der Waals surface area contributed by atoms with Crippen LogP contribution in [0.25, 0.3) is 0 Å². The molecule has 1 unspecified atom stereocenters. The van der Waals surface area contributed by atoms with Crippen LogP contribution in [0.3, 0.4) is 0 Å². The van der Waals surface area contributed by atoms with E-state index in [1.807, 2.05) is 0 Å². The van der Waals surface area contributed by atoms with Crippen molar-refractivity contribution in [2.75, 3.05) is 0 Å². The fourth-order valence-electron chi connectivity index (χ4n) is 2.25. The van der Waals surface area contributed by atoms with Gasteiger partial charge < -0.3 is 5.11 Å². The zero-order valence-electron chi connectivity index (χ0n) is 11.9. The van der Waals surface area contributed by atoms with Gasteiger partial charge in [0.05, 0.1) is 12.3 Å². The lowest BCUT2D eigenvalue weighted by atomic mass is 10.0. The number of aliphatic hydroxyl groups excluding tert-OH is 1. The quantitative estimate of drug-likeness (QED) is 0.618. The molecule has 0 aliphatic carbocycles. The Hall–Kier alpha value is -0.960. The van der Waals surface area contributed by atoms with Crippen molar-refractivity contribution in [3.05, 3.63) is 29.8 Å². The summed E-state index contributed by atoms with van der Waals surface area (Å²) < 4.78 is 12.9. The van der Waals surface area contributed by atoms with Crippen molar-refractivity contribution >= 4 is 0 Å². The number of hydrogen-bond acceptors (Lipinski definition) is 2. The van der Waals surface area contributed by atoms with Crippen molar-refractivity contribution in [3.63, 3.8) is 0 Å². The van der Waals surface area contributed by atoms with Crippen molar-refractivity contribution in [2.45, 2.75) is 70.8 Å². The number of nitrogens with zero attached hydrogens (tertiary/aromatic N) is 1. The summed E-state index contributed by atoms with van der Waals surface area (Å²) in [5.41, 5.74) is 0.586. The van der Waals surface area contributed by atoms with Crippen LogP contribution in [-0.2, 0) is 0 Å². The standard InChI is InChI=1S/C16H26FNO/c1-2-3-4-5-6-7-8-9-10-16(19)14-11-15(17)13-18-12-14/h11-13,16,19H,2-10H2,1H3. The van der Waals surface area contributed by atoms with Crippen LogP contribution in [-0.4, -0.2) is 10.1 Å². The minimum Gasteiger partial charge on any atom is -0.388 e. The van der Waals surface area contributed by atoms with Gasteiger partial charge in [-0.2, -0.15) is 0 Å². The number of aromatic nitrogens is 1. The second-order valence-electron chi connectivity index (χ2n) is 5.22. The lowest BCUT2D eigenvalue weighted by Gasteiger charge is -2.10. The summed E-state index contributed by atoms with van der Waals surface area (Å²) in [5, 5.41) is 9.91. The van der Waals surface area contributed by atoms with E-state index in [-0.39, 0.29) is 5.82 Å². The lowest BCUT2D eigenvalue weighted by Crippen LogP contribution is -1.99. The molecule has 1 N–H and O–H groups in total. The Balaban J connectivity index is 2.06. The molecular weight excluding hydrogens is 241 g/mol. The molecule has 3 heteroatoms. The third-order valence-corrected chi connectivity index (χ3v) is 3.44. The van der Waals surface area contributed by atoms with E-state index < -0.39 is 6.10 Å². The maximum atomic E-state index is 12.9. The first-order valence-electron chi connectivity index (χ1n) is 7.52. The summed E-state index contributed by atoms with van der Waals surface area (Å²) >= 11 is 0. The van der Waals surface area contributed by atoms with Crippen LogP contribution in [0, 0.1) is 5.82 Å². The third-order valence-electron chi connectivity index (χ3n) is 3.44. The van der Waals surface area contributed by atoms with Crippen LogP contribution in [0.4, 0.5) is 4.39 Å². The van der Waals surface area contributed by atoms with Crippen LogP contribution in [0.5, 0.6) is 0 Å². The van der Waals surface area contributed by atoms with Gasteiger partial charge in [-0.15, -0.1) is 0 Å². The van der Waals surface area contributed by atoms with E-state index in [4.69, 9.17) is 0 Å². The minimum atomic E-state index is -0.580. The molecule has 0 bridgehead atoms. The molecule has 0 aliphatic heterocycles. The molecule has 1 heterocycles. The Labute approximate surface area is 116 Å².